The Bertz CT molecular complexity index is 554. The van der Waals surface area contributed by atoms with Crippen LogP contribution < -0.4 is 5.32 Å². The van der Waals surface area contributed by atoms with Gasteiger partial charge in [0.25, 0.3) is 0 Å². The summed E-state index contributed by atoms with van der Waals surface area (Å²) < 4.78 is 0. The van der Waals surface area contributed by atoms with Gasteiger partial charge in [-0.25, -0.2) is 0 Å². The van der Waals surface area contributed by atoms with E-state index in [0.717, 1.165) is 17.7 Å². The van der Waals surface area contributed by atoms with E-state index in [2.05, 4.69) is 25.2 Å². The van der Waals surface area contributed by atoms with Gasteiger partial charge in [-0.1, -0.05) is 32.0 Å². The molecule has 2 amide bonds. The molecule has 1 aliphatic rings. The fraction of sp³-hybridized carbons (Fsp3) is 0.556. The first-order chi connectivity index (χ1) is 10.4. The fourth-order valence-electron chi connectivity index (χ4n) is 2.90. The van der Waals surface area contributed by atoms with Crippen molar-refractivity contribution in [1.29, 1.82) is 0 Å². The maximum atomic E-state index is 12.5. The van der Waals surface area contributed by atoms with E-state index >= 15 is 0 Å². The number of likely N-dealkylation sites (tertiary alicyclic amines) is 1. The summed E-state index contributed by atoms with van der Waals surface area (Å²) in [4.78, 5) is 26.2. The third-order valence-electron chi connectivity index (χ3n) is 4.51. The topological polar surface area (TPSA) is 49.4 Å². The van der Waals surface area contributed by atoms with E-state index < -0.39 is 0 Å². The highest BCUT2D eigenvalue weighted by Crippen LogP contribution is 2.28. The van der Waals surface area contributed by atoms with Crippen molar-refractivity contribution in [3.05, 3.63) is 29.8 Å². The third kappa shape index (κ3) is 3.49. The Labute approximate surface area is 132 Å². The summed E-state index contributed by atoms with van der Waals surface area (Å²) in [6.45, 7) is 8.78. The number of nitrogens with zero attached hydrogens (tertiary/aromatic N) is 1. The molecule has 0 saturated carbocycles. The normalized spacial score (nSPS) is 19.6. The van der Waals surface area contributed by atoms with Crippen LogP contribution in [0.3, 0.4) is 0 Å². The first kappa shape index (κ1) is 16.5. The van der Waals surface area contributed by atoms with Crippen LogP contribution in [-0.4, -0.2) is 29.3 Å². The van der Waals surface area contributed by atoms with Crippen molar-refractivity contribution in [2.24, 2.45) is 5.92 Å². The van der Waals surface area contributed by atoms with Gasteiger partial charge in [-0.05, 0) is 37.8 Å². The minimum Gasteiger partial charge on any atom is -0.339 e. The summed E-state index contributed by atoms with van der Waals surface area (Å²) in [5.74, 6) is 0.173. The van der Waals surface area contributed by atoms with Crippen LogP contribution in [0, 0.1) is 5.92 Å². The van der Waals surface area contributed by atoms with Crippen LogP contribution in [0.5, 0.6) is 0 Å². The molecule has 0 radical (unpaired) electrons. The zero-order valence-corrected chi connectivity index (χ0v) is 13.9. The van der Waals surface area contributed by atoms with Gasteiger partial charge in [0.1, 0.15) is 0 Å². The Morgan fingerprint density at radius 1 is 1.32 bits per heavy atom. The lowest BCUT2D eigenvalue weighted by atomic mass is 9.96. The third-order valence-corrected chi connectivity index (χ3v) is 4.51. The van der Waals surface area contributed by atoms with Crippen molar-refractivity contribution >= 4 is 17.5 Å². The van der Waals surface area contributed by atoms with E-state index in [1.165, 1.54) is 0 Å². The van der Waals surface area contributed by atoms with Crippen molar-refractivity contribution < 1.29 is 9.59 Å². The summed E-state index contributed by atoms with van der Waals surface area (Å²) in [6.07, 6.45) is 1.34. The van der Waals surface area contributed by atoms with Crippen molar-refractivity contribution in [1.82, 2.24) is 4.90 Å². The molecule has 1 fully saturated rings. The Kier molecular flexibility index (Phi) is 5.22. The van der Waals surface area contributed by atoms with Crippen molar-refractivity contribution in [2.75, 3.05) is 11.9 Å². The van der Waals surface area contributed by atoms with Gasteiger partial charge in [-0.15, -0.1) is 0 Å². The number of hydrogen-bond acceptors (Lipinski definition) is 2. The molecule has 4 nitrogen and oxygen atoms in total. The SMILES string of the molecule is CC[C@H](C)c1ccccc1NC(=O)[C@@H]1CC(=O)N(C(C)C)C1. The van der Waals surface area contributed by atoms with E-state index in [9.17, 15) is 9.59 Å². The highest BCUT2D eigenvalue weighted by atomic mass is 16.2. The number of anilines is 1. The molecular weight excluding hydrogens is 276 g/mol. The van der Waals surface area contributed by atoms with Gasteiger partial charge < -0.3 is 10.2 Å². The van der Waals surface area contributed by atoms with Gasteiger partial charge in [-0.2, -0.15) is 0 Å². The minimum atomic E-state index is -0.250. The van der Waals surface area contributed by atoms with E-state index in [-0.39, 0.29) is 23.8 Å². The highest BCUT2D eigenvalue weighted by Gasteiger charge is 2.35. The molecule has 1 aliphatic heterocycles. The van der Waals surface area contributed by atoms with Gasteiger partial charge in [0.15, 0.2) is 0 Å². The maximum absolute atomic E-state index is 12.5. The van der Waals surface area contributed by atoms with Gasteiger partial charge in [0.05, 0.1) is 5.92 Å². The lowest BCUT2D eigenvalue weighted by Gasteiger charge is -2.21. The molecule has 0 unspecified atom stereocenters. The van der Waals surface area contributed by atoms with Gasteiger partial charge in [0, 0.05) is 24.7 Å². The second-order valence-electron chi connectivity index (χ2n) is 6.43. The van der Waals surface area contributed by atoms with Crippen LogP contribution in [-0.2, 0) is 9.59 Å². The van der Waals surface area contributed by atoms with E-state index in [4.69, 9.17) is 0 Å². The van der Waals surface area contributed by atoms with Crippen molar-refractivity contribution in [3.8, 4) is 0 Å². The summed E-state index contributed by atoms with van der Waals surface area (Å²) in [5, 5.41) is 3.03. The summed E-state index contributed by atoms with van der Waals surface area (Å²) >= 11 is 0. The number of para-hydroxylation sites is 1. The monoisotopic (exact) mass is 302 g/mol. The summed E-state index contributed by atoms with van der Waals surface area (Å²) in [6, 6.07) is 8.08. The Morgan fingerprint density at radius 2 is 2.00 bits per heavy atom. The quantitative estimate of drug-likeness (QED) is 0.906. The number of hydrogen-bond donors (Lipinski definition) is 1. The molecule has 0 bridgehead atoms. The number of carbonyl (C=O) groups excluding carboxylic acids is 2. The Hall–Kier alpha value is -1.84. The van der Waals surface area contributed by atoms with Crippen LogP contribution in [0.1, 0.15) is 52.0 Å². The predicted octanol–water partition coefficient (Wildman–Crippen LogP) is 3.40. The molecule has 2 atom stereocenters. The maximum Gasteiger partial charge on any atom is 0.229 e. The number of benzene rings is 1. The molecule has 1 aromatic carbocycles. The molecule has 2 rings (SSSR count). The molecule has 120 valence electrons. The average molecular weight is 302 g/mol. The minimum absolute atomic E-state index is 0.0488. The molecule has 0 spiro atoms. The Morgan fingerprint density at radius 3 is 2.59 bits per heavy atom. The van der Waals surface area contributed by atoms with Crippen molar-refractivity contribution in [2.45, 2.75) is 52.5 Å². The smallest absolute Gasteiger partial charge is 0.229 e. The largest absolute Gasteiger partial charge is 0.339 e. The van der Waals surface area contributed by atoms with E-state index in [1.807, 2.05) is 32.0 Å². The first-order valence-electron chi connectivity index (χ1n) is 8.13. The molecule has 1 heterocycles. The molecular formula is C18H26N2O2. The second-order valence-corrected chi connectivity index (χ2v) is 6.43. The van der Waals surface area contributed by atoms with E-state index in [0.29, 0.717) is 18.9 Å². The lowest BCUT2D eigenvalue weighted by Crippen LogP contribution is -2.33. The average Bonchev–Trinajstić information content (AvgIpc) is 2.89. The summed E-state index contributed by atoms with van der Waals surface area (Å²) in [7, 11) is 0. The van der Waals surface area contributed by atoms with Crippen LogP contribution >= 0.6 is 0 Å². The first-order valence-corrected chi connectivity index (χ1v) is 8.13. The molecule has 1 saturated heterocycles. The van der Waals surface area contributed by atoms with Crippen LogP contribution in [0.25, 0.3) is 0 Å². The molecule has 0 aromatic heterocycles. The zero-order valence-electron chi connectivity index (χ0n) is 13.9. The van der Waals surface area contributed by atoms with Crippen molar-refractivity contribution in [3.63, 3.8) is 0 Å². The van der Waals surface area contributed by atoms with Gasteiger partial charge in [0.2, 0.25) is 11.8 Å². The molecule has 1 aromatic rings. The number of amides is 2. The van der Waals surface area contributed by atoms with Gasteiger partial charge >= 0.3 is 0 Å². The molecule has 0 aliphatic carbocycles. The fourth-order valence-corrected chi connectivity index (χ4v) is 2.90. The molecule has 1 N–H and O–H groups in total. The second kappa shape index (κ2) is 6.95. The number of nitrogens with one attached hydrogen (secondary N) is 1. The molecule has 4 heteroatoms. The zero-order chi connectivity index (χ0) is 16.3. The van der Waals surface area contributed by atoms with Crippen LogP contribution in [0.2, 0.25) is 0 Å². The lowest BCUT2D eigenvalue weighted by molar-refractivity contribution is -0.129. The Balaban J connectivity index is 2.09. The number of rotatable bonds is 5. The standard InChI is InChI=1S/C18H26N2O2/c1-5-13(4)15-8-6-7-9-16(15)19-18(22)14-10-17(21)20(11-14)12(2)3/h6-9,12-14H,5,10-11H2,1-4H3,(H,19,22)/t13-,14+/m0/s1. The highest BCUT2D eigenvalue weighted by molar-refractivity contribution is 5.97. The number of carbonyl (C=O) groups is 2. The van der Waals surface area contributed by atoms with Gasteiger partial charge in [-0.3, -0.25) is 9.59 Å². The predicted molar refractivity (Wildman–Crippen MR) is 88.7 cm³/mol. The van der Waals surface area contributed by atoms with E-state index in [1.54, 1.807) is 4.90 Å². The van der Waals surface area contributed by atoms with Crippen LogP contribution in [0.4, 0.5) is 5.69 Å². The van der Waals surface area contributed by atoms with Crippen LogP contribution in [0.15, 0.2) is 24.3 Å². The summed E-state index contributed by atoms with van der Waals surface area (Å²) in [5.41, 5.74) is 2.03. The molecule has 22 heavy (non-hydrogen) atoms.